The standard InChI is InChI=1S/C17H24F2O10S2/c1-14(2,8-15(3,4)27-13(21)17(18,19)31(24,25)26)12(20)28-16-7-9-5-10(16)11(6-9)30(22,23)29-16/h9-11H,5-8H2,1-4H3,(H,24,25,26). The van der Waals surface area contributed by atoms with E-state index in [0.29, 0.717) is 12.8 Å². The lowest BCUT2D eigenvalue weighted by molar-refractivity contribution is -0.216. The topological polar surface area (TPSA) is 150 Å². The van der Waals surface area contributed by atoms with Crippen LogP contribution in [0.2, 0.25) is 0 Å². The van der Waals surface area contributed by atoms with E-state index in [-0.39, 0.29) is 18.8 Å². The Labute approximate surface area is 178 Å². The van der Waals surface area contributed by atoms with Crippen molar-refractivity contribution in [2.45, 2.75) is 75.3 Å². The predicted molar refractivity (Wildman–Crippen MR) is 98.5 cm³/mol. The average molecular weight is 490 g/mol. The second-order valence-corrected chi connectivity index (χ2v) is 12.9. The van der Waals surface area contributed by atoms with Crippen LogP contribution in [0.5, 0.6) is 0 Å². The Morgan fingerprint density at radius 3 is 2.26 bits per heavy atom. The highest BCUT2D eigenvalue weighted by Gasteiger charge is 2.70. The van der Waals surface area contributed by atoms with Crippen molar-refractivity contribution in [1.82, 2.24) is 0 Å². The molecular formula is C17H24F2O10S2. The number of carbonyl (C=O) groups is 2. The van der Waals surface area contributed by atoms with Gasteiger partial charge >= 0.3 is 27.3 Å². The Kier molecular flexibility index (Phi) is 5.33. The van der Waals surface area contributed by atoms with Crippen molar-refractivity contribution in [3.8, 4) is 0 Å². The first kappa shape index (κ1) is 24.3. The van der Waals surface area contributed by atoms with Crippen LogP contribution in [0.4, 0.5) is 8.78 Å². The monoisotopic (exact) mass is 490 g/mol. The summed E-state index contributed by atoms with van der Waals surface area (Å²) < 4.78 is 96.7. The number of rotatable bonds is 7. The number of hydrogen-bond donors (Lipinski definition) is 1. The molecule has 0 aromatic heterocycles. The average Bonchev–Trinajstić information content (AvgIpc) is 3.12. The molecule has 0 radical (unpaired) electrons. The zero-order valence-corrected chi connectivity index (χ0v) is 18.9. The van der Waals surface area contributed by atoms with Gasteiger partial charge in [-0.3, -0.25) is 9.35 Å². The number of esters is 2. The van der Waals surface area contributed by atoms with Gasteiger partial charge in [-0.25, -0.2) is 8.98 Å². The van der Waals surface area contributed by atoms with Gasteiger partial charge in [0, 0.05) is 18.8 Å². The molecule has 2 bridgehead atoms. The van der Waals surface area contributed by atoms with Gasteiger partial charge in [-0.2, -0.15) is 25.6 Å². The van der Waals surface area contributed by atoms with E-state index in [4.69, 9.17) is 13.5 Å². The summed E-state index contributed by atoms with van der Waals surface area (Å²) >= 11 is 0. The van der Waals surface area contributed by atoms with E-state index in [9.17, 15) is 35.2 Å². The summed E-state index contributed by atoms with van der Waals surface area (Å²) in [6, 6.07) is 0. The molecule has 1 heterocycles. The molecule has 1 N–H and O–H groups in total. The predicted octanol–water partition coefficient (Wildman–Crippen LogP) is 1.60. The van der Waals surface area contributed by atoms with Crippen molar-refractivity contribution in [3.05, 3.63) is 0 Å². The molecule has 4 unspecified atom stereocenters. The van der Waals surface area contributed by atoms with Crippen LogP contribution in [0.1, 0.15) is 53.4 Å². The van der Waals surface area contributed by atoms with E-state index in [1.54, 1.807) is 0 Å². The highest BCUT2D eigenvalue weighted by Crippen LogP contribution is 2.61. The van der Waals surface area contributed by atoms with Crippen molar-refractivity contribution in [3.63, 3.8) is 0 Å². The number of fused-ring (bicyclic) bond motifs is 1. The van der Waals surface area contributed by atoms with Gasteiger partial charge < -0.3 is 9.47 Å². The summed E-state index contributed by atoms with van der Waals surface area (Å²) in [5, 5.41) is -5.92. The molecule has 3 fully saturated rings. The Bertz CT molecular complexity index is 1020. The summed E-state index contributed by atoms with van der Waals surface area (Å²) in [6.45, 7) is 5.08. The molecule has 3 rings (SSSR count). The van der Waals surface area contributed by atoms with Crippen molar-refractivity contribution in [1.29, 1.82) is 0 Å². The quantitative estimate of drug-likeness (QED) is 0.317. The molecule has 0 aromatic rings. The summed E-state index contributed by atoms with van der Waals surface area (Å²) in [7, 11) is -9.92. The van der Waals surface area contributed by atoms with Crippen molar-refractivity contribution in [2.24, 2.45) is 17.3 Å². The minimum atomic E-state index is -6.05. The molecule has 0 aromatic carbocycles. The minimum absolute atomic E-state index is 0.0447. The maximum atomic E-state index is 13.5. The Balaban J connectivity index is 1.72. The van der Waals surface area contributed by atoms with Crippen LogP contribution in [0.25, 0.3) is 0 Å². The molecule has 3 aliphatic rings. The lowest BCUT2D eigenvalue weighted by atomic mass is 9.81. The maximum absolute atomic E-state index is 13.5. The van der Waals surface area contributed by atoms with Gasteiger partial charge in [0.2, 0.25) is 5.79 Å². The molecular weight excluding hydrogens is 466 g/mol. The highest BCUT2D eigenvalue weighted by molar-refractivity contribution is 7.88. The fraction of sp³-hybridized carbons (Fsp3) is 0.882. The van der Waals surface area contributed by atoms with Crippen LogP contribution in [0.15, 0.2) is 0 Å². The normalized spacial score (nSPS) is 32.2. The van der Waals surface area contributed by atoms with E-state index in [1.807, 2.05) is 0 Å². The first-order chi connectivity index (χ1) is 13.7. The Morgan fingerprint density at radius 1 is 1.16 bits per heavy atom. The lowest BCUT2D eigenvalue weighted by Crippen LogP contribution is -2.47. The third kappa shape index (κ3) is 4.07. The minimum Gasteiger partial charge on any atom is -0.454 e. The molecule has 0 spiro atoms. The zero-order valence-electron chi connectivity index (χ0n) is 17.3. The fourth-order valence-corrected chi connectivity index (χ4v) is 7.20. The second kappa shape index (κ2) is 6.81. The lowest BCUT2D eigenvalue weighted by Gasteiger charge is -2.36. The van der Waals surface area contributed by atoms with Crippen LogP contribution >= 0.6 is 0 Å². The van der Waals surface area contributed by atoms with E-state index >= 15 is 0 Å². The van der Waals surface area contributed by atoms with Gasteiger partial charge in [-0.1, -0.05) is 0 Å². The van der Waals surface area contributed by atoms with Gasteiger partial charge in [-0.15, -0.1) is 0 Å². The Morgan fingerprint density at radius 2 is 1.74 bits per heavy atom. The summed E-state index contributed by atoms with van der Waals surface area (Å²) in [5.74, 6) is -5.42. The molecule has 178 valence electrons. The van der Waals surface area contributed by atoms with E-state index in [0.717, 1.165) is 0 Å². The summed E-state index contributed by atoms with van der Waals surface area (Å²) in [5.41, 5.74) is -3.23. The number of ether oxygens (including phenoxy) is 2. The molecule has 1 aliphatic heterocycles. The number of alkyl halides is 2. The molecule has 2 aliphatic carbocycles. The van der Waals surface area contributed by atoms with Gasteiger partial charge in [0.1, 0.15) is 5.60 Å². The molecule has 14 heteroatoms. The van der Waals surface area contributed by atoms with Crippen LogP contribution in [0, 0.1) is 17.3 Å². The third-order valence-electron chi connectivity index (χ3n) is 5.98. The number of hydrogen-bond acceptors (Lipinski definition) is 9. The highest BCUT2D eigenvalue weighted by atomic mass is 32.2. The van der Waals surface area contributed by atoms with Crippen LogP contribution in [0.3, 0.4) is 0 Å². The van der Waals surface area contributed by atoms with Gasteiger partial charge in [0.15, 0.2) is 0 Å². The first-order valence-electron chi connectivity index (χ1n) is 9.49. The number of halogens is 2. The van der Waals surface area contributed by atoms with Crippen molar-refractivity contribution in [2.75, 3.05) is 0 Å². The van der Waals surface area contributed by atoms with Crippen LogP contribution in [-0.4, -0.2) is 55.2 Å². The van der Waals surface area contributed by atoms with Crippen LogP contribution in [-0.2, 0) is 43.5 Å². The van der Waals surface area contributed by atoms with Gasteiger partial charge in [0.05, 0.1) is 10.7 Å². The summed E-state index contributed by atoms with van der Waals surface area (Å²) in [4.78, 5) is 24.5. The second-order valence-electron chi connectivity index (χ2n) is 9.67. The van der Waals surface area contributed by atoms with Crippen molar-refractivity contribution < 1.29 is 53.4 Å². The molecule has 10 nitrogen and oxygen atoms in total. The smallest absolute Gasteiger partial charge is 0.454 e. The first-order valence-corrected chi connectivity index (χ1v) is 12.4. The van der Waals surface area contributed by atoms with Gasteiger partial charge in [-0.05, 0) is 46.5 Å². The molecule has 4 atom stereocenters. The largest absolute Gasteiger partial charge is 0.465 e. The maximum Gasteiger partial charge on any atom is 0.465 e. The van der Waals surface area contributed by atoms with Crippen LogP contribution < -0.4 is 0 Å². The molecule has 0 amide bonds. The number of carbonyl (C=O) groups excluding carboxylic acids is 2. The molecule has 2 saturated carbocycles. The van der Waals surface area contributed by atoms with E-state index in [1.165, 1.54) is 27.7 Å². The Hall–Kier alpha value is -1.38. The van der Waals surface area contributed by atoms with Crippen molar-refractivity contribution >= 4 is 32.2 Å². The molecule has 1 saturated heterocycles. The molecule has 31 heavy (non-hydrogen) atoms. The zero-order chi connectivity index (χ0) is 23.8. The van der Waals surface area contributed by atoms with Gasteiger partial charge in [0.25, 0.3) is 10.1 Å². The van der Waals surface area contributed by atoms with E-state index in [2.05, 4.69) is 4.74 Å². The summed E-state index contributed by atoms with van der Waals surface area (Å²) in [6.07, 6.45) is 0.840. The van der Waals surface area contributed by atoms with E-state index < -0.39 is 65.4 Å². The fourth-order valence-electron chi connectivity index (χ4n) is 4.97. The third-order valence-corrected chi connectivity index (χ3v) is 8.58. The SMILES string of the molecule is CC(C)(CC(C)(C)C(=O)OC12CC3CC1C(C3)S(=O)(=O)O2)OC(=O)C(F)(F)S(=O)(=O)O.